The zero-order valence-corrected chi connectivity index (χ0v) is 13.9. The molecule has 1 fully saturated rings. The van der Waals surface area contributed by atoms with E-state index in [1.165, 1.54) is 31.5 Å². The van der Waals surface area contributed by atoms with E-state index in [4.69, 9.17) is 5.73 Å². The lowest BCUT2D eigenvalue weighted by Crippen LogP contribution is -2.46. The number of benzene rings is 1. The van der Waals surface area contributed by atoms with Gasteiger partial charge in [-0.2, -0.15) is 0 Å². The fourth-order valence-electron chi connectivity index (χ4n) is 3.65. The Kier molecular flexibility index (Phi) is 5.80. The zero-order chi connectivity index (χ0) is 15.3. The third-order valence-corrected chi connectivity index (χ3v) is 4.97. The Bertz CT molecular complexity index is 420. The van der Waals surface area contributed by atoms with Gasteiger partial charge in [-0.25, -0.2) is 0 Å². The summed E-state index contributed by atoms with van der Waals surface area (Å²) < 4.78 is 0. The van der Waals surface area contributed by atoms with Gasteiger partial charge in [0.1, 0.15) is 0 Å². The molecule has 1 aliphatic heterocycles. The number of likely N-dealkylation sites (tertiary alicyclic amines) is 1. The molecule has 1 aliphatic rings. The summed E-state index contributed by atoms with van der Waals surface area (Å²) in [6.07, 6.45) is 2.68. The minimum absolute atomic E-state index is 0.0334. The normalized spacial score (nSPS) is 22.6. The number of likely N-dealkylation sites (N-methyl/N-ethyl adjacent to an activating group) is 2. The zero-order valence-electron chi connectivity index (χ0n) is 13.9. The molecule has 2 rings (SSSR count). The fraction of sp³-hybridized carbons (Fsp3) is 0.667. The summed E-state index contributed by atoms with van der Waals surface area (Å²) in [5.41, 5.74) is 7.49. The van der Waals surface area contributed by atoms with Gasteiger partial charge in [0.05, 0.1) is 0 Å². The predicted molar refractivity (Wildman–Crippen MR) is 90.6 cm³/mol. The second kappa shape index (κ2) is 7.39. The first-order chi connectivity index (χ1) is 10.1. The molecule has 1 aromatic rings. The number of nitrogens with two attached hydrogens (primary N) is 1. The van der Waals surface area contributed by atoms with E-state index in [1.54, 1.807) is 0 Å². The molecule has 0 saturated carbocycles. The van der Waals surface area contributed by atoms with Crippen LogP contribution < -0.4 is 5.73 Å². The van der Waals surface area contributed by atoms with E-state index in [0.29, 0.717) is 6.54 Å². The largest absolute Gasteiger partial charge is 0.330 e. The Morgan fingerprint density at radius 1 is 1.33 bits per heavy atom. The highest BCUT2D eigenvalue weighted by atomic mass is 15.2. The fourth-order valence-corrected chi connectivity index (χ4v) is 3.65. The van der Waals surface area contributed by atoms with Gasteiger partial charge in [-0.15, -0.1) is 0 Å². The minimum atomic E-state index is 0.0334. The average molecular weight is 289 g/mol. The molecule has 1 aromatic carbocycles. The highest BCUT2D eigenvalue weighted by Gasteiger charge is 2.29. The van der Waals surface area contributed by atoms with Gasteiger partial charge in [-0.3, -0.25) is 4.90 Å². The van der Waals surface area contributed by atoms with Crippen molar-refractivity contribution >= 4 is 0 Å². The lowest BCUT2D eigenvalue weighted by atomic mass is 9.82. The smallest absolute Gasteiger partial charge is 0.0223 e. The van der Waals surface area contributed by atoms with Crippen molar-refractivity contribution in [2.24, 2.45) is 5.73 Å². The van der Waals surface area contributed by atoms with Crippen LogP contribution in [0.25, 0.3) is 0 Å². The predicted octanol–water partition coefficient (Wildman–Crippen LogP) is 2.32. The molecule has 0 aliphatic carbocycles. The molecule has 2 N–H and O–H groups in total. The number of hydrogen-bond acceptors (Lipinski definition) is 3. The quantitative estimate of drug-likeness (QED) is 0.836. The van der Waals surface area contributed by atoms with Gasteiger partial charge in [0.25, 0.3) is 0 Å². The molecule has 118 valence electrons. The Hall–Kier alpha value is -0.900. The molecule has 3 nitrogen and oxygen atoms in total. The Balaban J connectivity index is 1.98. The van der Waals surface area contributed by atoms with E-state index in [9.17, 15) is 0 Å². The molecule has 2 unspecified atom stereocenters. The van der Waals surface area contributed by atoms with Crippen LogP contribution in [0.1, 0.15) is 32.3 Å². The monoisotopic (exact) mass is 289 g/mol. The Morgan fingerprint density at radius 3 is 2.67 bits per heavy atom. The van der Waals surface area contributed by atoms with E-state index in [2.05, 4.69) is 61.0 Å². The van der Waals surface area contributed by atoms with Crippen molar-refractivity contribution in [2.75, 3.05) is 39.8 Å². The van der Waals surface area contributed by atoms with Crippen molar-refractivity contribution in [3.8, 4) is 0 Å². The summed E-state index contributed by atoms with van der Waals surface area (Å²) in [6, 6.07) is 11.4. The highest BCUT2D eigenvalue weighted by molar-refractivity contribution is 5.25. The molecule has 0 bridgehead atoms. The van der Waals surface area contributed by atoms with Gasteiger partial charge in [-0.1, -0.05) is 44.2 Å². The van der Waals surface area contributed by atoms with Crippen molar-refractivity contribution < 1.29 is 0 Å². The number of nitrogens with zero attached hydrogens (tertiary/aromatic N) is 2. The molecule has 1 saturated heterocycles. The molecule has 0 spiro atoms. The first-order valence-electron chi connectivity index (χ1n) is 8.27. The Morgan fingerprint density at radius 2 is 2.05 bits per heavy atom. The lowest BCUT2D eigenvalue weighted by molar-refractivity contribution is 0.177. The molecule has 0 amide bonds. The molecular weight excluding hydrogens is 258 g/mol. The van der Waals surface area contributed by atoms with Crippen LogP contribution >= 0.6 is 0 Å². The SMILES string of the molecule is CCN1CCCC1CN(C)CC(C)(CN)c1ccccc1. The van der Waals surface area contributed by atoms with Gasteiger partial charge < -0.3 is 10.6 Å². The maximum Gasteiger partial charge on any atom is 0.0223 e. The molecular formula is C18H31N3. The van der Waals surface area contributed by atoms with E-state index in [-0.39, 0.29) is 5.41 Å². The molecule has 0 aromatic heterocycles. The first kappa shape index (κ1) is 16.5. The molecule has 21 heavy (non-hydrogen) atoms. The molecule has 2 atom stereocenters. The van der Waals surface area contributed by atoms with E-state index in [1.807, 2.05) is 0 Å². The van der Waals surface area contributed by atoms with Gasteiger partial charge >= 0.3 is 0 Å². The van der Waals surface area contributed by atoms with Crippen molar-refractivity contribution in [2.45, 2.75) is 38.1 Å². The third kappa shape index (κ3) is 4.06. The standard InChI is InChI=1S/C18H31N3/c1-4-21-12-8-11-17(21)13-20(3)15-18(2,14-19)16-9-6-5-7-10-16/h5-7,9-10,17H,4,8,11-15,19H2,1-3H3. The van der Waals surface area contributed by atoms with Gasteiger partial charge in [0, 0.05) is 31.1 Å². The van der Waals surface area contributed by atoms with Crippen molar-refractivity contribution in [3.05, 3.63) is 35.9 Å². The summed E-state index contributed by atoms with van der Waals surface area (Å²) in [5.74, 6) is 0. The van der Waals surface area contributed by atoms with Gasteiger partial charge in [-0.05, 0) is 38.5 Å². The van der Waals surface area contributed by atoms with Crippen molar-refractivity contribution in [1.82, 2.24) is 9.80 Å². The molecule has 3 heteroatoms. The van der Waals surface area contributed by atoms with Crippen molar-refractivity contribution in [3.63, 3.8) is 0 Å². The van der Waals surface area contributed by atoms with Crippen molar-refractivity contribution in [1.29, 1.82) is 0 Å². The van der Waals surface area contributed by atoms with E-state index in [0.717, 1.165) is 19.1 Å². The van der Waals surface area contributed by atoms with Crippen LogP contribution in [0.5, 0.6) is 0 Å². The average Bonchev–Trinajstić information content (AvgIpc) is 2.95. The van der Waals surface area contributed by atoms with Crippen LogP contribution in [0.15, 0.2) is 30.3 Å². The summed E-state index contributed by atoms with van der Waals surface area (Å²) in [6.45, 7) is 9.84. The maximum absolute atomic E-state index is 6.11. The second-order valence-electron chi connectivity index (χ2n) is 6.75. The summed E-state index contributed by atoms with van der Waals surface area (Å²) in [4.78, 5) is 5.08. The van der Waals surface area contributed by atoms with Crippen LogP contribution in [0.3, 0.4) is 0 Å². The third-order valence-electron chi connectivity index (χ3n) is 4.97. The summed E-state index contributed by atoms with van der Waals surface area (Å²) >= 11 is 0. The highest BCUT2D eigenvalue weighted by Crippen LogP contribution is 2.24. The van der Waals surface area contributed by atoms with Crippen LogP contribution in [0, 0.1) is 0 Å². The summed E-state index contributed by atoms with van der Waals surface area (Å²) in [7, 11) is 2.24. The van der Waals surface area contributed by atoms with Crippen LogP contribution in [-0.4, -0.2) is 55.6 Å². The molecule has 1 heterocycles. The van der Waals surface area contributed by atoms with E-state index < -0.39 is 0 Å². The topological polar surface area (TPSA) is 32.5 Å². The first-order valence-corrected chi connectivity index (χ1v) is 8.27. The van der Waals surface area contributed by atoms with Gasteiger partial charge in [0.15, 0.2) is 0 Å². The summed E-state index contributed by atoms with van der Waals surface area (Å²) in [5, 5.41) is 0. The van der Waals surface area contributed by atoms with Crippen LogP contribution in [0.4, 0.5) is 0 Å². The minimum Gasteiger partial charge on any atom is -0.330 e. The van der Waals surface area contributed by atoms with Crippen LogP contribution in [-0.2, 0) is 5.41 Å². The van der Waals surface area contributed by atoms with Crippen LogP contribution in [0.2, 0.25) is 0 Å². The Labute approximate surface area is 130 Å². The van der Waals surface area contributed by atoms with E-state index >= 15 is 0 Å². The number of hydrogen-bond donors (Lipinski definition) is 1. The number of rotatable bonds is 7. The molecule has 0 radical (unpaired) electrons. The maximum atomic E-state index is 6.11. The lowest BCUT2D eigenvalue weighted by Gasteiger charge is -2.35. The second-order valence-corrected chi connectivity index (χ2v) is 6.75. The van der Waals surface area contributed by atoms with Gasteiger partial charge in [0.2, 0.25) is 0 Å².